The first-order valence-corrected chi connectivity index (χ1v) is 11.6. The molecule has 0 heterocycles. The zero-order valence-electron chi connectivity index (χ0n) is 16.4. The van der Waals surface area contributed by atoms with E-state index in [2.05, 4.69) is 10.0 Å². The standard InChI is InChI=1S/C18H28N2O5S2/c1-6-19-17(21)14(4)25-18(22)15(9-10-26-5)20-27(23,24)16-11-12(2)7-8-13(16)3/h7-8,11,14-15,20H,6,9-10H2,1-5H3,(H,19,21)/t14-,15-/m0/s1. The molecule has 0 aromatic heterocycles. The summed E-state index contributed by atoms with van der Waals surface area (Å²) < 4.78 is 33.2. The van der Waals surface area contributed by atoms with E-state index < -0.39 is 34.0 Å². The summed E-state index contributed by atoms with van der Waals surface area (Å²) in [5, 5.41) is 2.56. The predicted octanol–water partition coefficient (Wildman–Crippen LogP) is 1.77. The zero-order chi connectivity index (χ0) is 20.6. The van der Waals surface area contributed by atoms with Gasteiger partial charge in [-0.3, -0.25) is 9.59 Å². The number of esters is 1. The topological polar surface area (TPSA) is 102 Å². The van der Waals surface area contributed by atoms with Crippen LogP contribution < -0.4 is 10.0 Å². The third-order valence-corrected chi connectivity index (χ3v) is 6.10. The number of nitrogens with one attached hydrogen (secondary N) is 2. The lowest BCUT2D eigenvalue weighted by Gasteiger charge is -2.20. The van der Waals surface area contributed by atoms with Crippen molar-refractivity contribution in [3.05, 3.63) is 29.3 Å². The molecule has 1 aromatic carbocycles. The van der Waals surface area contributed by atoms with E-state index in [1.165, 1.54) is 18.7 Å². The van der Waals surface area contributed by atoms with Crippen molar-refractivity contribution in [1.29, 1.82) is 0 Å². The van der Waals surface area contributed by atoms with Crippen molar-refractivity contribution in [1.82, 2.24) is 10.0 Å². The fourth-order valence-corrected chi connectivity index (χ4v) is 4.36. The SMILES string of the molecule is CCNC(=O)[C@H](C)OC(=O)[C@H](CCSC)NS(=O)(=O)c1cc(C)ccc1C. The Morgan fingerprint density at radius 2 is 1.93 bits per heavy atom. The molecule has 0 radical (unpaired) electrons. The van der Waals surface area contributed by atoms with Crippen LogP contribution in [0, 0.1) is 13.8 Å². The Balaban J connectivity index is 3.00. The third-order valence-electron chi connectivity index (χ3n) is 3.84. The summed E-state index contributed by atoms with van der Waals surface area (Å²) in [6, 6.07) is 4.03. The van der Waals surface area contributed by atoms with E-state index in [9.17, 15) is 18.0 Å². The minimum atomic E-state index is -3.92. The van der Waals surface area contributed by atoms with E-state index >= 15 is 0 Å². The first-order valence-electron chi connectivity index (χ1n) is 8.69. The molecule has 1 rings (SSSR count). The number of likely N-dealkylation sites (N-methyl/N-ethyl adjacent to an activating group) is 1. The van der Waals surface area contributed by atoms with Crippen LogP contribution in [0.25, 0.3) is 0 Å². The number of benzene rings is 1. The molecule has 0 bridgehead atoms. The molecular formula is C18H28N2O5S2. The number of thioether (sulfide) groups is 1. The summed E-state index contributed by atoms with van der Waals surface area (Å²) in [6.45, 7) is 7.11. The average Bonchev–Trinajstić information content (AvgIpc) is 2.60. The molecule has 0 saturated heterocycles. The molecule has 152 valence electrons. The summed E-state index contributed by atoms with van der Waals surface area (Å²) >= 11 is 1.49. The van der Waals surface area contributed by atoms with Gasteiger partial charge >= 0.3 is 5.97 Å². The molecule has 2 atom stereocenters. The van der Waals surface area contributed by atoms with E-state index in [-0.39, 0.29) is 11.3 Å². The summed E-state index contributed by atoms with van der Waals surface area (Å²) in [7, 11) is -3.92. The van der Waals surface area contributed by atoms with Gasteiger partial charge in [0.15, 0.2) is 6.10 Å². The highest BCUT2D eigenvalue weighted by molar-refractivity contribution is 7.98. The number of carbonyl (C=O) groups is 2. The Morgan fingerprint density at radius 3 is 2.52 bits per heavy atom. The minimum absolute atomic E-state index is 0.126. The molecule has 9 heteroatoms. The van der Waals surface area contributed by atoms with Crippen molar-refractivity contribution in [2.75, 3.05) is 18.6 Å². The maximum atomic E-state index is 12.8. The van der Waals surface area contributed by atoms with Gasteiger partial charge in [0, 0.05) is 6.54 Å². The van der Waals surface area contributed by atoms with Crippen molar-refractivity contribution in [2.24, 2.45) is 0 Å². The molecule has 0 aliphatic carbocycles. The van der Waals surface area contributed by atoms with Crippen LogP contribution in [-0.4, -0.2) is 51.0 Å². The largest absolute Gasteiger partial charge is 0.451 e. The first-order chi connectivity index (χ1) is 12.6. The highest BCUT2D eigenvalue weighted by Gasteiger charge is 2.30. The molecule has 27 heavy (non-hydrogen) atoms. The quantitative estimate of drug-likeness (QED) is 0.564. The van der Waals surface area contributed by atoms with E-state index in [0.29, 0.717) is 17.9 Å². The molecule has 0 unspecified atom stereocenters. The van der Waals surface area contributed by atoms with E-state index in [1.807, 2.05) is 12.3 Å². The van der Waals surface area contributed by atoms with Gasteiger partial charge in [-0.15, -0.1) is 0 Å². The Labute approximate surface area is 165 Å². The van der Waals surface area contributed by atoms with Gasteiger partial charge in [-0.25, -0.2) is 8.42 Å². The number of sulfonamides is 1. The summed E-state index contributed by atoms with van der Waals surface area (Å²) in [6.07, 6.45) is 1.12. The summed E-state index contributed by atoms with van der Waals surface area (Å²) in [5.41, 5.74) is 1.38. The van der Waals surface area contributed by atoms with Crippen LogP contribution in [0.5, 0.6) is 0 Å². The molecule has 0 saturated carbocycles. The Morgan fingerprint density at radius 1 is 1.26 bits per heavy atom. The molecule has 2 N–H and O–H groups in total. The number of hydrogen-bond donors (Lipinski definition) is 2. The summed E-state index contributed by atoms with van der Waals surface area (Å²) in [5.74, 6) is -0.631. The Kier molecular flexibility index (Phi) is 9.28. The third kappa shape index (κ3) is 7.15. The lowest BCUT2D eigenvalue weighted by atomic mass is 10.2. The first kappa shape index (κ1) is 23.5. The number of carbonyl (C=O) groups excluding carboxylic acids is 2. The molecule has 1 amide bonds. The number of ether oxygens (including phenoxy) is 1. The van der Waals surface area contributed by atoms with Gasteiger partial charge in [-0.2, -0.15) is 16.5 Å². The maximum Gasteiger partial charge on any atom is 0.324 e. The molecule has 1 aromatic rings. The number of amides is 1. The van der Waals surface area contributed by atoms with Crippen molar-refractivity contribution in [3.8, 4) is 0 Å². The van der Waals surface area contributed by atoms with Crippen LogP contribution in [-0.2, 0) is 24.3 Å². The van der Waals surface area contributed by atoms with E-state index in [0.717, 1.165) is 5.56 Å². The monoisotopic (exact) mass is 416 g/mol. The van der Waals surface area contributed by atoms with Crippen LogP contribution in [0.4, 0.5) is 0 Å². The lowest BCUT2D eigenvalue weighted by Crippen LogP contribution is -2.45. The molecule has 0 fully saturated rings. The van der Waals surface area contributed by atoms with Gasteiger partial charge in [0.1, 0.15) is 6.04 Å². The molecule has 0 aliphatic heterocycles. The van der Waals surface area contributed by atoms with Crippen LogP contribution >= 0.6 is 11.8 Å². The van der Waals surface area contributed by atoms with E-state index in [1.54, 1.807) is 32.9 Å². The van der Waals surface area contributed by atoms with Gasteiger partial charge in [0.05, 0.1) is 4.90 Å². The Bertz CT molecular complexity index is 765. The second kappa shape index (κ2) is 10.7. The van der Waals surface area contributed by atoms with Gasteiger partial charge in [0.2, 0.25) is 10.0 Å². The van der Waals surface area contributed by atoms with E-state index in [4.69, 9.17) is 4.74 Å². The fraction of sp³-hybridized carbons (Fsp3) is 0.556. The van der Waals surface area contributed by atoms with Crippen LogP contribution in [0.3, 0.4) is 0 Å². The van der Waals surface area contributed by atoms with Gasteiger partial charge < -0.3 is 10.1 Å². The fourth-order valence-electron chi connectivity index (χ4n) is 2.34. The van der Waals surface area contributed by atoms with Crippen LogP contribution in [0.1, 0.15) is 31.4 Å². The highest BCUT2D eigenvalue weighted by atomic mass is 32.2. The van der Waals surface area contributed by atoms with Crippen molar-refractivity contribution in [2.45, 2.75) is 51.2 Å². The normalized spacial score (nSPS) is 13.7. The second-order valence-electron chi connectivity index (χ2n) is 6.20. The van der Waals surface area contributed by atoms with Gasteiger partial charge in [-0.05, 0) is 63.3 Å². The number of aryl methyl sites for hydroxylation is 2. The van der Waals surface area contributed by atoms with Gasteiger partial charge in [0.25, 0.3) is 5.91 Å². The molecular weight excluding hydrogens is 388 g/mol. The number of hydrogen-bond acceptors (Lipinski definition) is 6. The van der Waals surface area contributed by atoms with Crippen molar-refractivity contribution in [3.63, 3.8) is 0 Å². The Hall–Kier alpha value is -1.58. The highest BCUT2D eigenvalue weighted by Crippen LogP contribution is 2.18. The molecule has 0 spiro atoms. The minimum Gasteiger partial charge on any atom is -0.451 e. The summed E-state index contributed by atoms with van der Waals surface area (Å²) in [4.78, 5) is 24.4. The average molecular weight is 417 g/mol. The predicted molar refractivity (Wildman–Crippen MR) is 107 cm³/mol. The van der Waals surface area contributed by atoms with Crippen molar-refractivity contribution < 1.29 is 22.7 Å². The maximum absolute atomic E-state index is 12.8. The van der Waals surface area contributed by atoms with Crippen LogP contribution in [0.15, 0.2) is 23.1 Å². The zero-order valence-corrected chi connectivity index (χ0v) is 18.0. The molecule has 7 nitrogen and oxygen atoms in total. The smallest absolute Gasteiger partial charge is 0.324 e. The molecule has 0 aliphatic rings. The lowest BCUT2D eigenvalue weighted by molar-refractivity contribution is -0.156. The number of rotatable bonds is 10. The van der Waals surface area contributed by atoms with Gasteiger partial charge in [-0.1, -0.05) is 12.1 Å². The second-order valence-corrected chi connectivity index (χ2v) is 8.87. The van der Waals surface area contributed by atoms with Crippen LogP contribution in [0.2, 0.25) is 0 Å². The van der Waals surface area contributed by atoms with Crippen molar-refractivity contribution >= 4 is 33.7 Å².